The summed E-state index contributed by atoms with van der Waals surface area (Å²) in [5.74, 6) is -0.435. The normalized spacial score (nSPS) is 9.74. The molecule has 0 heterocycles. The van der Waals surface area contributed by atoms with Crippen LogP contribution in [0.15, 0.2) is 54.6 Å². The Bertz CT molecular complexity index is 573. The minimum Gasteiger partial charge on any atom is -0.465 e. The van der Waals surface area contributed by atoms with E-state index >= 15 is 0 Å². The second-order valence-corrected chi connectivity index (χ2v) is 3.77. The standard InChI is InChI=1S/C15H12O4/c1-18-14(16)11-7-9-12(10-8-11)15(17)19-13-5-3-2-4-6-13/h2-10H,1H3. The van der Waals surface area contributed by atoms with Gasteiger partial charge in [0, 0.05) is 0 Å². The maximum absolute atomic E-state index is 11.8. The van der Waals surface area contributed by atoms with E-state index in [1.807, 2.05) is 6.07 Å². The van der Waals surface area contributed by atoms with Gasteiger partial charge in [-0.2, -0.15) is 0 Å². The summed E-state index contributed by atoms with van der Waals surface area (Å²) in [4.78, 5) is 23.1. The van der Waals surface area contributed by atoms with Crippen molar-refractivity contribution in [2.45, 2.75) is 0 Å². The van der Waals surface area contributed by atoms with Crippen molar-refractivity contribution < 1.29 is 19.1 Å². The summed E-state index contributed by atoms with van der Waals surface area (Å²) in [5.41, 5.74) is 0.760. The molecule has 0 spiro atoms. The molecule has 0 N–H and O–H groups in total. The van der Waals surface area contributed by atoms with E-state index in [0.717, 1.165) is 0 Å². The zero-order chi connectivity index (χ0) is 13.7. The molecule has 0 radical (unpaired) electrons. The predicted octanol–water partition coefficient (Wildman–Crippen LogP) is 2.69. The van der Waals surface area contributed by atoms with E-state index < -0.39 is 11.9 Å². The van der Waals surface area contributed by atoms with E-state index in [4.69, 9.17) is 4.74 Å². The van der Waals surface area contributed by atoms with Crippen molar-refractivity contribution in [1.82, 2.24) is 0 Å². The van der Waals surface area contributed by atoms with E-state index in [0.29, 0.717) is 16.9 Å². The SMILES string of the molecule is COC(=O)c1ccc(C(=O)Oc2ccccc2)cc1. The van der Waals surface area contributed by atoms with E-state index in [1.165, 1.54) is 31.4 Å². The van der Waals surface area contributed by atoms with Gasteiger partial charge < -0.3 is 9.47 Å². The van der Waals surface area contributed by atoms with Crippen LogP contribution in [0.4, 0.5) is 0 Å². The number of benzene rings is 2. The van der Waals surface area contributed by atoms with Gasteiger partial charge in [-0.1, -0.05) is 18.2 Å². The first-order chi connectivity index (χ1) is 9.20. The van der Waals surface area contributed by atoms with Gasteiger partial charge in [-0.05, 0) is 36.4 Å². The van der Waals surface area contributed by atoms with Crippen LogP contribution in [0.5, 0.6) is 5.75 Å². The van der Waals surface area contributed by atoms with Gasteiger partial charge in [-0.25, -0.2) is 9.59 Å². The molecule has 0 atom stereocenters. The lowest BCUT2D eigenvalue weighted by molar-refractivity contribution is 0.0599. The Hall–Kier alpha value is -2.62. The molecule has 2 aromatic rings. The zero-order valence-electron chi connectivity index (χ0n) is 10.3. The molecule has 0 aliphatic carbocycles. The van der Waals surface area contributed by atoms with Crippen molar-refractivity contribution in [1.29, 1.82) is 0 Å². The molecule has 0 aliphatic rings. The van der Waals surface area contributed by atoms with Gasteiger partial charge in [0.05, 0.1) is 18.2 Å². The maximum atomic E-state index is 11.8. The van der Waals surface area contributed by atoms with Crippen LogP contribution in [0, 0.1) is 0 Å². The van der Waals surface area contributed by atoms with Gasteiger partial charge in [0.2, 0.25) is 0 Å². The number of methoxy groups -OCH3 is 1. The molecule has 0 saturated carbocycles. The first-order valence-electron chi connectivity index (χ1n) is 5.66. The summed E-state index contributed by atoms with van der Waals surface area (Å²) < 4.78 is 9.75. The minimum atomic E-state index is -0.470. The third kappa shape index (κ3) is 3.19. The molecule has 0 fully saturated rings. The summed E-state index contributed by atoms with van der Waals surface area (Å²) >= 11 is 0. The van der Waals surface area contributed by atoms with Crippen molar-refractivity contribution in [2.24, 2.45) is 0 Å². The van der Waals surface area contributed by atoms with Crippen LogP contribution in [0.1, 0.15) is 20.7 Å². The molecular weight excluding hydrogens is 244 g/mol. The highest BCUT2D eigenvalue weighted by Crippen LogP contribution is 2.12. The number of hydrogen-bond donors (Lipinski definition) is 0. The van der Waals surface area contributed by atoms with Gasteiger partial charge >= 0.3 is 11.9 Å². The number of esters is 2. The quantitative estimate of drug-likeness (QED) is 0.626. The smallest absolute Gasteiger partial charge is 0.343 e. The fourth-order valence-electron chi connectivity index (χ4n) is 1.51. The van der Waals surface area contributed by atoms with Gasteiger partial charge in [-0.3, -0.25) is 0 Å². The van der Waals surface area contributed by atoms with Gasteiger partial charge in [0.25, 0.3) is 0 Å². The number of ether oxygens (including phenoxy) is 2. The number of hydrogen-bond acceptors (Lipinski definition) is 4. The highest BCUT2D eigenvalue weighted by Gasteiger charge is 2.10. The lowest BCUT2D eigenvalue weighted by atomic mass is 10.1. The maximum Gasteiger partial charge on any atom is 0.343 e. The second kappa shape index (κ2) is 5.82. The lowest BCUT2D eigenvalue weighted by Gasteiger charge is -2.04. The van der Waals surface area contributed by atoms with Crippen LogP contribution in [-0.4, -0.2) is 19.0 Å². The molecule has 4 nitrogen and oxygen atoms in total. The Balaban J connectivity index is 2.10. The van der Waals surface area contributed by atoms with Crippen molar-refractivity contribution in [3.8, 4) is 5.75 Å². The number of carbonyl (C=O) groups excluding carboxylic acids is 2. The zero-order valence-corrected chi connectivity index (χ0v) is 10.3. The van der Waals surface area contributed by atoms with Crippen LogP contribution in [0.2, 0.25) is 0 Å². The monoisotopic (exact) mass is 256 g/mol. The Morgan fingerprint density at radius 1 is 0.789 bits per heavy atom. The van der Waals surface area contributed by atoms with Gasteiger partial charge in [0.1, 0.15) is 5.75 Å². The largest absolute Gasteiger partial charge is 0.465 e. The van der Waals surface area contributed by atoms with E-state index in [-0.39, 0.29) is 0 Å². The summed E-state index contributed by atoms with van der Waals surface area (Å²) in [6.07, 6.45) is 0. The fraction of sp³-hybridized carbons (Fsp3) is 0.0667. The Labute approximate surface area is 110 Å². The minimum absolute atomic E-state index is 0.372. The van der Waals surface area contributed by atoms with Crippen LogP contribution >= 0.6 is 0 Å². The van der Waals surface area contributed by atoms with Crippen molar-refractivity contribution in [3.63, 3.8) is 0 Å². The Morgan fingerprint density at radius 2 is 1.32 bits per heavy atom. The topological polar surface area (TPSA) is 52.6 Å². The number of rotatable bonds is 3. The highest BCUT2D eigenvalue weighted by molar-refractivity contribution is 5.94. The molecular formula is C15H12O4. The Morgan fingerprint density at radius 3 is 1.84 bits per heavy atom. The van der Waals surface area contributed by atoms with Gasteiger partial charge in [0.15, 0.2) is 0 Å². The lowest BCUT2D eigenvalue weighted by Crippen LogP contribution is -2.09. The first-order valence-corrected chi connectivity index (χ1v) is 5.66. The second-order valence-electron chi connectivity index (χ2n) is 3.77. The third-order valence-corrected chi connectivity index (χ3v) is 2.50. The fourth-order valence-corrected chi connectivity index (χ4v) is 1.51. The van der Waals surface area contributed by atoms with Crippen LogP contribution in [-0.2, 0) is 4.74 Å². The molecule has 0 aromatic heterocycles. The van der Waals surface area contributed by atoms with E-state index in [2.05, 4.69) is 4.74 Å². The summed E-state index contributed by atoms with van der Waals surface area (Å²) in [6.45, 7) is 0. The average molecular weight is 256 g/mol. The van der Waals surface area contributed by atoms with Gasteiger partial charge in [-0.15, -0.1) is 0 Å². The van der Waals surface area contributed by atoms with Crippen molar-refractivity contribution in [3.05, 3.63) is 65.7 Å². The molecule has 0 saturated heterocycles. The van der Waals surface area contributed by atoms with Crippen molar-refractivity contribution >= 4 is 11.9 Å². The summed E-state index contributed by atoms with van der Waals surface area (Å²) in [6, 6.07) is 14.9. The number of carbonyl (C=O) groups is 2. The highest BCUT2D eigenvalue weighted by atomic mass is 16.5. The third-order valence-electron chi connectivity index (χ3n) is 2.50. The molecule has 0 amide bonds. The first kappa shape index (κ1) is 12.8. The molecule has 2 aromatic carbocycles. The average Bonchev–Trinajstić information content (AvgIpc) is 2.47. The molecule has 0 aliphatic heterocycles. The summed E-state index contributed by atoms with van der Waals surface area (Å²) in [5, 5.41) is 0. The molecule has 4 heteroatoms. The summed E-state index contributed by atoms with van der Waals surface area (Å²) in [7, 11) is 1.31. The van der Waals surface area contributed by atoms with Crippen LogP contribution in [0.25, 0.3) is 0 Å². The van der Waals surface area contributed by atoms with E-state index in [9.17, 15) is 9.59 Å². The molecule has 96 valence electrons. The van der Waals surface area contributed by atoms with Crippen molar-refractivity contribution in [2.75, 3.05) is 7.11 Å². The van der Waals surface area contributed by atoms with Crippen LogP contribution < -0.4 is 4.74 Å². The molecule has 0 unspecified atom stereocenters. The molecule has 2 rings (SSSR count). The van der Waals surface area contributed by atoms with E-state index in [1.54, 1.807) is 24.3 Å². The molecule has 0 bridgehead atoms. The Kier molecular flexibility index (Phi) is 3.93. The predicted molar refractivity (Wildman–Crippen MR) is 69.2 cm³/mol. The van der Waals surface area contributed by atoms with Crippen LogP contribution in [0.3, 0.4) is 0 Å². The molecule has 19 heavy (non-hydrogen) atoms. The number of para-hydroxylation sites is 1.